The molecule has 3 rings (SSSR count). The maximum absolute atomic E-state index is 12.7. The van der Waals surface area contributed by atoms with Gasteiger partial charge in [0.15, 0.2) is 5.56 Å². The van der Waals surface area contributed by atoms with E-state index in [1.165, 1.54) is 13.2 Å². The minimum atomic E-state index is -0.559. The quantitative estimate of drug-likeness (QED) is 0.605. The number of aromatic nitrogens is 3. The fourth-order valence-electron chi connectivity index (χ4n) is 3.12. The Morgan fingerprint density at radius 1 is 1.35 bits per heavy atom. The van der Waals surface area contributed by atoms with Crippen LogP contribution in [0.25, 0.3) is 0 Å². The van der Waals surface area contributed by atoms with Gasteiger partial charge in [-0.15, -0.1) is 16.0 Å². The highest BCUT2D eigenvalue weighted by Crippen LogP contribution is 2.34. The monoisotopic (exact) mass is 377 g/mol. The number of nitrogens with zero attached hydrogens (tertiary/aromatic N) is 5. The zero-order chi connectivity index (χ0) is 19.1. The van der Waals surface area contributed by atoms with E-state index in [4.69, 9.17) is 4.98 Å². The van der Waals surface area contributed by atoms with E-state index in [1.807, 2.05) is 0 Å². The van der Waals surface area contributed by atoms with Crippen molar-refractivity contribution in [3.8, 4) is 0 Å². The topological polar surface area (TPSA) is 94.2 Å². The van der Waals surface area contributed by atoms with Crippen LogP contribution in [-0.4, -0.2) is 43.6 Å². The molecule has 0 radical (unpaired) electrons. The maximum Gasteiger partial charge on any atom is 0.357 e. The third-order valence-corrected chi connectivity index (χ3v) is 5.74. The molecule has 1 aliphatic heterocycles. The van der Waals surface area contributed by atoms with E-state index in [1.54, 1.807) is 16.2 Å². The van der Waals surface area contributed by atoms with Crippen LogP contribution in [-0.2, 0) is 12.5 Å². The first-order chi connectivity index (χ1) is 12.2. The average Bonchev–Trinajstić information content (AvgIpc) is 3.21. The van der Waals surface area contributed by atoms with Gasteiger partial charge in [0.2, 0.25) is 0 Å². The van der Waals surface area contributed by atoms with Gasteiger partial charge in [-0.2, -0.15) is 0 Å². The van der Waals surface area contributed by atoms with E-state index in [2.05, 4.69) is 31.2 Å². The van der Waals surface area contributed by atoms with Gasteiger partial charge in [-0.3, -0.25) is 4.79 Å². The summed E-state index contributed by atoms with van der Waals surface area (Å²) in [7, 11) is 1.47. The van der Waals surface area contributed by atoms with Gasteiger partial charge in [0.05, 0.1) is 16.9 Å². The first-order valence-corrected chi connectivity index (χ1v) is 9.48. The van der Waals surface area contributed by atoms with Gasteiger partial charge in [-0.1, -0.05) is 25.9 Å². The molecule has 0 N–H and O–H groups in total. The third kappa shape index (κ3) is 3.48. The van der Waals surface area contributed by atoms with E-state index in [-0.39, 0.29) is 22.7 Å². The number of piperidine rings is 1. The molecule has 2 aromatic rings. The fraction of sp³-hybridized carbons (Fsp3) is 0.588. The molecule has 0 bridgehead atoms. The Labute approximate surface area is 156 Å². The van der Waals surface area contributed by atoms with Crippen molar-refractivity contribution >= 4 is 23.1 Å². The van der Waals surface area contributed by atoms with Gasteiger partial charge in [0, 0.05) is 29.8 Å². The molecule has 2 aromatic heterocycles. The Bertz CT molecular complexity index is 828. The molecule has 1 saturated heterocycles. The number of carbonyl (C=O) groups excluding carboxylic acids is 1. The van der Waals surface area contributed by atoms with Crippen LogP contribution in [0.15, 0.2) is 11.6 Å². The van der Waals surface area contributed by atoms with Crippen molar-refractivity contribution in [3.05, 3.63) is 38.0 Å². The molecule has 0 spiro atoms. The summed E-state index contributed by atoms with van der Waals surface area (Å²) in [5.41, 5.74) is 1.19. The van der Waals surface area contributed by atoms with Crippen LogP contribution >= 0.6 is 11.3 Å². The Balaban J connectivity index is 1.68. The number of nitro groups is 1. The second-order valence-corrected chi connectivity index (χ2v) is 8.54. The summed E-state index contributed by atoms with van der Waals surface area (Å²) in [6.45, 7) is 7.58. The smallest absolute Gasteiger partial charge is 0.357 e. The van der Waals surface area contributed by atoms with E-state index >= 15 is 0 Å². The number of likely N-dealkylation sites (tertiary alicyclic amines) is 1. The van der Waals surface area contributed by atoms with Gasteiger partial charge in [-0.05, 0) is 17.8 Å². The molecule has 1 aliphatic rings. The highest BCUT2D eigenvalue weighted by molar-refractivity contribution is 7.09. The second-order valence-electron chi connectivity index (χ2n) is 7.65. The lowest BCUT2D eigenvalue weighted by molar-refractivity contribution is -0.392. The molecule has 8 nitrogen and oxygen atoms in total. The van der Waals surface area contributed by atoms with Crippen LogP contribution in [0, 0.1) is 10.1 Å². The Kier molecular flexibility index (Phi) is 4.83. The number of carbonyl (C=O) groups is 1. The van der Waals surface area contributed by atoms with Crippen molar-refractivity contribution in [2.24, 2.45) is 7.05 Å². The van der Waals surface area contributed by atoms with Crippen molar-refractivity contribution in [1.29, 1.82) is 0 Å². The van der Waals surface area contributed by atoms with Gasteiger partial charge in [-0.25, -0.2) is 4.98 Å². The number of amides is 1. The predicted octanol–water partition coefficient (Wildman–Crippen LogP) is 3.10. The summed E-state index contributed by atoms with van der Waals surface area (Å²) in [5, 5.41) is 18.3. The zero-order valence-corrected chi connectivity index (χ0v) is 16.2. The van der Waals surface area contributed by atoms with Crippen LogP contribution in [0.2, 0.25) is 0 Å². The molecule has 0 saturated carbocycles. The summed E-state index contributed by atoms with van der Waals surface area (Å²) in [6.07, 6.45) is 2.91. The van der Waals surface area contributed by atoms with E-state index < -0.39 is 4.92 Å². The first kappa shape index (κ1) is 18.5. The molecule has 3 heterocycles. The Hall–Kier alpha value is -2.29. The van der Waals surface area contributed by atoms with E-state index in [0.29, 0.717) is 19.0 Å². The van der Waals surface area contributed by atoms with Crippen molar-refractivity contribution in [3.63, 3.8) is 0 Å². The normalized spacial score (nSPS) is 16.1. The molecule has 1 fully saturated rings. The SMILES string of the molecule is Cn1ncc(C(=O)N2CCC(c3nc(C(C)(C)C)cs3)CC2)c1[N+](=O)[O-]. The van der Waals surface area contributed by atoms with Crippen molar-refractivity contribution < 1.29 is 9.72 Å². The van der Waals surface area contributed by atoms with E-state index in [9.17, 15) is 14.9 Å². The lowest BCUT2D eigenvalue weighted by atomic mass is 9.93. The average molecular weight is 377 g/mol. The number of hydrogen-bond donors (Lipinski definition) is 0. The molecule has 140 valence electrons. The van der Waals surface area contributed by atoms with Crippen LogP contribution in [0.4, 0.5) is 5.82 Å². The van der Waals surface area contributed by atoms with Crippen LogP contribution < -0.4 is 0 Å². The van der Waals surface area contributed by atoms with Crippen molar-refractivity contribution in [1.82, 2.24) is 19.7 Å². The first-order valence-electron chi connectivity index (χ1n) is 8.60. The lowest BCUT2D eigenvalue weighted by Gasteiger charge is -2.30. The highest BCUT2D eigenvalue weighted by atomic mass is 32.1. The number of hydrogen-bond acceptors (Lipinski definition) is 6. The van der Waals surface area contributed by atoms with Gasteiger partial charge in [0.25, 0.3) is 5.91 Å². The largest absolute Gasteiger partial charge is 0.358 e. The summed E-state index contributed by atoms with van der Waals surface area (Å²) in [6, 6.07) is 0. The van der Waals surface area contributed by atoms with Crippen molar-refractivity contribution in [2.45, 2.75) is 44.9 Å². The van der Waals surface area contributed by atoms with E-state index in [0.717, 1.165) is 28.2 Å². The summed E-state index contributed by atoms with van der Waals surface area (Å²) in [5.74, 6) is -0.242. The number of thiazole rings is 1. The molecule has 0 atom stereocenters. The summed E-state index contributed by atoms with van der Waals surface area (Å²) < 4.78 is 1.13. The molecule has 0 aromatic carbocycles. The van der Waals surface area contributed by atoms with Gasteiger partial charge < -0.3 is 15.0 Å². The third-order valence-electron chi connectivity index (χ3n) is 4.73. The second kappa shape index (κ2) is 6.79. The standard InChI is InChI=1S/C17H23N5O3S/c1-17(2,3)13-10-26-14(19-13)11-5-7-21(8-6-11)16(23)12-9-18-20(4)15(12)22(24)25/h9-11H,5-8H2,1-4H3. The summed E-state index contributed by atoms with van der Waals surface area (Å²) in [4.78, 5) is 29.8. The van der Waals surface area contributed by atoms with Crippen molar-refractivity contribution in [2.75, 3.05) is 13.1 Å². The molecule has 0 unspecified atom stereocenters. The Morgan fingerprint density at radius 2 is 2.00 bits per heavy atom. The van der Waals surface area contributed by atoms with Crippen LogP contribution in [0.3, 0.4) is 0 Å². The minimum Gasteiger partial charge on any atom is -0.358 e. The molecule has 26 heavy (non-hydrogen) atoms. The van der Waals surface area contributed by atoms with Gasteiger partial charge >= 0.3 is 5.82 Å². The zero-order valence-electron chi connectivity index (χ0n) is 15.4. The minimum absolute atomic E-state index is 0.0324. The number of rotatable bonds is 3. The summed E-state index contributed by atoms with van der Waals surface area (Å²) >= 11 is 1.68. The molecular formula is C17H23N5O3S. The molecular weight excluding hydrogens is 354 g/mol. The highest BCUT2D eigenvalue weighted by Gasteiger charge is 2.32. The number of aryl methyl sites for hydroxylation is 1. The van der Waals surface area contributed by atoms with Gasteiger partial charge in [0.1, 0.15) is 7.05 Å². The fourth-order valence-corrected chi connectivity index (χ4v) is 4.34. The molecule has 0 aliphatic carbocycles. The van der Waals surface area contributed by atoms with Crippen LogP contribution in [0.1, 0.15) is 60.6 Å². The maximum atomic E-state index is 12.7. The lowest BCUT2D eigenvalue weighted by Crippen LogP contribution is -2.38. The predicted molar refractivity (Wildman–Crippen MR) is 98.6 cm³/mol. The van der Waals surface area contributed by atoms with Crippen LogP contribution in [0.5, 0.6) is 0 Å². The Morgan fingerprint density at radius 3 is 2.54 bits per heavy atom. The molecule has 9 heteroatoms. The molecule has 1 amide bonds.